The SMILES string of the molecule is CC(C)(C)OC(=O)N1CCC[C@H](Cc2nc(CCc3c(Cl)cc4c(cnn4C4CCCCO4)c3B3OC(C)(C)C(C)(C)O3)co2)C1. The number of halogens is 1. The summed E-state index contributed by atoms with van der Waals surface area (Å²) in [5.74, 6) is 0.955. The zero-order valence-corrected chi connectivity index (χ0v) is 29.1. The van der Waals surface area contributed by atoms with Crippen LogP contribution in [0.25, 0.3) is 10.9 Å². The average molecular weight is 655 g/mol. The highest BCUT2D eigenvalue weighted by Gasteiger charge is 2.53. The number of amides is 1. The monoisotopic (exact) mass is 654 g/mol. The Morgan fingerprint density at radius 1 is 1.11 bits per heavy atom. The number of ether oxygens (including phenoxy) is 2. The van der Waals surface area contributed by atoms with Crippen LogP contribution in [0.4, 0.5) is 4.79 Å². The third-order valence-corrected chi connectivity index (χ3v) is 10.1. The third kappa shape index (κ3) is 6.98. The number of nitrogens with zero attached hydrogens (tertiary/aromatic N) is 4. The van der Waals surface area contributed by atoms with Crippen LogP contribution < -0.4 is 5.46 Å². The van der Waals surface area contributed by atoms with E-state index in [1.807, 2.05) is 37.7 Å². The zero-order valence-electron chi connectivity index (χ0n) is 28.4. The van der Waals surface area contributed by atoms with Crippen molar-refractivity contribution in [3.8, 4) is 0 Å². The molecule has 5 heterocycles. The zero-order chi connectivity index (χ0) is 32.9. The first-order valence-corrected chi connectivity index (χ1v) is 17.2. The number of rotatable bonds is 7. The summed E-state index contributed by atoms with van der Waals surface area (Å²) in [5.41, 5.74) is 2.12. The van der Waals surface area contributed by atoms with E-state index in [1.165, 1.54) is 0 Å². The highest BCUT2D eigenvalue weighted by molar-refractivity contribution is 6.66. The molecule has 0 bridgehead atoms. The van der Waals surface area contributed by atoms with E-state index in [2.05, 4.69) is 27.7 Å². The Labute approximate surface area is 277 Å². The van der Waals surface area contributed by atoms with Gasteiger partial charge in [-0.1, -0.05) is 11.6 Å². The molecule has 250 valence electrons. The van der Waals surface area contributed by atoms with Crippen molar-refractivity contribution in [1.29, 1.82) is 0 Å². The molecule has 3 aliphatic rings. The lowest BCUT2D eigenvalue weighted by atomic mass is 9.73. The maximum atomic E-state index is 12.6. The van der Waals surface area contributed by atoms with E-state index >= 15 is 0 Å². The Balaban J connectivity index is 1.21. The number of fused-ring (bicyclic) bond motifs is 1. The van der Waals surface area contributed by atoms with Crippen LogP contribution in [0.3, 0.4) is 0 Å². The first kappa shape index (κ1) is 33.3. The second kappa shape index (κ2) is 12.8. The molecule has 3 aliphatic heterocycles. The summed E-state index contributed by atoms with van der Waals surface area (Å²) in [5, 5.41) is 6.38. The highest BCUT2D eigenvalue weighted by Crippen LogP contribution is 2.39. The van der Waals surface area contributed by atoms with Gasteiger partial charge in [0.2, 0.25) is 0 Å². The van der Waals surface area contributed by atoms with Crippen molar-refractivity contribution in [2.24, 2.45) is 5.92 Å². The Hall–Kier alpha value is -2.60. The van der Waals surface area contributed by atoms with Gasteiger partial charge in [0, 0.05) is 36.5 Å². The van der Waals surface area contributed by atoms with Crippen molar-refractivity contribution in [2.45, 2.75) is 123 Å². The van der Waals surface area contributed by atoms with Crippen molar-refractivity contribution in [3.63, 3.8) is 0 Å². The van der Waals surface area contributed by atoms with Gasteiger partial charge in [-0.25, -0.2) is 14.5 Å². The fourth-order valence-electron chi connectivity index (χ4n) is 6.63. The summed E-state index contributed by atoms with van der Waals surface area (Å²) >= 11 is 7.10. The van der Waals surface area contributed by atoms with Gasteiger partial charge in [0.25, 0.3) is 0 Å². The lowest BCUT2D eigenvalue weighted by Gasteiger charge is -2.33. The largest absolute Gasteiger partial charge is 0.495 e. The van der Waals surface area contributed by atoms with Gasteiger partial charge in [-0.05, 0) is 116 Å². The number of likely N-dealkylation sites (tertiary alicyclic amines) is 1. The Kier molecular flexibility index (Phi) is 9.26. The minimum Gasteiger partial charge on any atom is -0.449 e. The molecule has 2 aromatic heterocycles. The van der Waals surface area contributed by atoms with Gasteiger partial charge in [-0.15, -0.1) is 0 Å². The van der Waals surface area contributed by atoms with Crippen LogP contribution in [0.2, 0.25) is 5.02 Å². The number of carbonyl (C=O) groups excluding carboxylic acids is 1. The Morgan fingerprint density at radius 2 is 1.87 bits per heavy atom. The normalized spacial score (nSPS) is 23.3. The van der Waals surface area contributed by atoms with Crippen molar-refractivity contribution in [3.05, 3.63) is 40.7 Å². The van der Waals surface area contributed by atoms with Crippen molar-refractivity contribution in [2.75, 3.05) is 19.7 Å². The molecule has 0 radical (unpaired) electrons. The summed E-state index contributed by atoms with van der Waals surface area (Å²) < 4.78 is 32.7. The van der Waals surface area contributed by atoms with E-state index in [1.54, 1.807) is 11.2 Å². The first-order chi connectivity index (χ1) is 21.7. The van der Waals surface area contributed by atoms with Gasteiger partial charge in [0.15, 0.2) is 12.1 Å². The predicted octanol–water partition coefficient (Wildman–Crippen LogP) is 6.65. The molecule has 0 saturated carbocycles. The molecule has 1 unspecified atom stereocenters. The van der Waals surface area contributed by atoms with E-state index in [-0.39, 0.29) is 18.2 Å². The molecule has 1 amide bonds. The van der Waals surface area contributed by atoms with Crippen molar-refractivity contribution in [1.82, 2.24) is 19.7 Å². The van der Waals surface area contributed by atoms with E-state index in [4.69, 9.17) is 44.9 Å². The minimum atomic E-state index is -0.599. The average Bonchev–Trinajstić information content (AvgIpc) is 3.66. The van der Waals surface area contributed by atoms with E-state index in [0.29, 0.717) is 43.3 Å². The van der Waals surface area contributed by atoms with Gasteiger partial charge in [0.05, 0.1) is 28.6 Å². The van der Waals surface area contributed by atoms with E-state index in [0.717, 1.165) is 66.3 Å². The number of piperidine rings is 1. The topological polar surface area (TPSA) is 101 Å². The Bertz CT molecular complexity index is 1540. The number of oxazole rings is 1. The standard InChI is InChI=1S/C34H48BClN4O6/c1-32(2,3)44-31(41)39-15-10-11-22(20-39)17-28-38-23(21-43-28)13-14-24-26(36)18-27-25(19-37-40(27)29-12-8-9-16-42-29)30(24)35-45-33(4,5)34(6,7)46-35/h18-19,21-22,29H,8-17,20H2,1-7H3/t22-,29?/m1/s1. The summed E-state index contributed by atoms with van der Waals surface area (Å²) in [7, 11) is -0.599. The molecule has 3 saturated heterocycles. The smallest absolute Gasteiger partial charge is 0.449 e. The predicted molar refractivity (Wildman–Crippen MR) is 177 cm³/mol. The fourth-order valence-corrected chi connectivity index (χ4v) is 6.93. The van der Waals surface area contributed by atoms with Crippen LogP contribution >= 0.6 is 11.6 Å². The van der Waals surface area contributed by atoms with E-state index < -0.39 is 23.9 Å². The maximum absolute atomic E-state index is 12.6. The second-order valence-corrected chi connectivity index (χ2v) is 15.5. The lowest BCUT2D eigenvalue weighted by molar-refractivity contribution is -0.0366. The van der Waals surface area contributed by atoms with Crippen LogP contribution in [-0.4, -0.2) is 69.4 Å². The second-order valence-electron chi connectivity index (χ2n) is 15.1. The molecule has 1 aromatic carbocycles. The summed E-state index contributed by atoms with van der Waals surface area (Å²) in [4.78, 5) is 19.3. The quantitative estimate of drug-likeness (QED) is 0.261. The van der Waals surface area contributed by atoms with Crippen LogP contribution in [0.1, 0.15) is 104 Å². The van der Waals surface area contributed by atoms with Gasteiger partial charge in [0.1, 0.15) is 11.9 Å². The van der Waals surface area contributed by atoms with Gasteiger partial charge in [-0.2, -0.15) is 5.10 Å². The molecular weight excluding hydrogens is 607 g/mol. The van der Waals surface area contributed by atoms with Crippen LogP contribution in [-0.2, 0) is 38.0 Å². The third-order valence-electron chi connectivity index (χ3n) is 9.78. The van der Waals surface area contributed by atoms with Crippen molar-refractivity contribution >= 4 is 41.2 Å². The van der Waals surface area contributed by atoms with Crippen molar-refractivity contribution < 1.29 is 28.0 Å². The van der Waals surface area contributed by atoms with Gasteiger partial charge in [-0.3, -0.25) is 0 Å². The summed E-state index contributed by atoms with van der Waals surface area (Å²) in [6, 6.07) is 2.00. The summed E-state index contributed by atoms with van der Waals surface area (Å²) in [6.45, 7) is 16.0. The maximum Gasteiger partial charge on any atom is 0.495 e. The van der Waals surface area contributed by atoms with Crippen LogP contribution in [0.15, 0.2) is 22.9 Å². The lowest BCUT2D eigenvalue weighted by Crippen LogP contribution is -2.43. The van der Waals surface area contributed by atoms with Gasteiger partial charge >= 0.3 is 13.2 Å². The minimum absolute atomic E-state index is 0.117. The van der Waals surface area contributed by atoms with Crippen LogP contribution in [0, 0.1) is 5.92 Å². The molecule has 0 N–H and O–H groups in total. The van der Waals surface area contributed by atoms with E-state index in [9.17, 15) is 4.79 Å². The molecule has 12 heteroatoms. The van der Waals surface area contributed by atoms with Gasteiger partial charge < -0.3 is 28.1 Å². The molecule has 6 rings (SSSR count). The summed E-state index contributed by atoms with van der Waals surface area (Å²) in [6.07, 6.45) is 10.2. The molecule has 10 nitrogen and oxygen atoms in total. The molecule has 3 aromatic rings. The molecular formula is C34H48BClN4O6. The first-order valence-electron chi connectivity index (χ1n) is 16.8. The molecule has 2 atom stereocenters. The molecule has 0 spiro atoms. The number of carbonyl (C=O) groups is 1. The number of aromatic nitrogens is 3. The molecule has 3 fully saturated rings. The molecule has 46 heavy (non-hydrogen) atoms. The number of benzene rings is 1. The number of hydrogen-bond acceptors (Lipinski definition) is 8. The number of aryl methyl sites for hydroxylation is 1. The highest BCUT2D eigenvalue weighted by atomic mass is 35.5. The van der Waals surface area contributed by atoms with Crippen LogP contribution in [0.5, 0.6) is 0 Å². The number of hydrogen-bond donors (Lipinski definition) is 0. The Morgan fingerprint density at radius 3 is 2.57 bits per heavy atom. The fraction of sp³-hybridized carbons (Fsp3) is 0.676. The molecule has 0 aliphatic carbocycles.